The molecule has 0 aliphatic heterocycles. The molecule has 0 radical (unpaired) electrons. The number of hydrogen-bond acceptors (Lipinski definition) is 0. The quantitative estimate of drug-likeness (QED) is 0.374. The van der Waals surface area contributed by atoms with Crippen molar-refractivity contribution < 1.29 is 54.9 Å². The van der Waals surface area contributed by atoms with Gasteiger partial charge in [-0.2, -0.15) is 0 Å². The molecule has 0 bridgehead atoms. The van der Waals surface area contributed by atoms with E-state index in [9.17, 15) is 0 Å². The number of allylic oxidation sites excluding steroid dienone is 8. The van der Waals surface area contributed by atoms with Crippen LogP contribution in [0.5, 0.6) is 0 Å². The SMILES string of the molecule is C[C](C)=[Hf+2]([C]1=CC=CC1)[CH]1C=CC2=C1CCCC2.[Br-].[Br-]. The van der Waals surface area contributed by atoms with E-state index < -0.39 is 21.0 Å². The maximum Gasteiger partial charge on any atom is -1.00 e. The van der Waals surface area contributed by atoms with E-state index >= 15 is 0 Å². The first-order chi connectivity index (χ1) is 8.77. The zero-order chi connectivity index (χ0) is 12.5. The second kappa shape index (κ2) is 8.33. The summed E-state index contributed by atoms with van der Waals surface area (Å²) < 4.78 is 4.49. The van der Waals surface area contributed by atoms with E-state index in [1.165, 1.54) is 32.1 Å². The minimum Gasteiger partial charge on any atom is -1.00 e. The van der Waals surface area contributed by atoms with Crippen molar-refractivity contribution in [2.24, 2.45) is 0 Å². The molecule has 1 atom stereocenters. The van der Waals surface area contributed by atoms with Crippen LogP contribution < -0.4 is 34.0 Å². The first-order valence-electron chi connectivity index (χ1n) is 7.21. The van der Waals surface area contributed by atoms with Gasteiger partial charge in [0, 0.05) is 0 Å². The van der Waals surface area contributed by atoms with Crippen LogP contribution in [0, 0.1) is 0 Å². The number of halogens is 2. The standard InChI is InChI=1S/C9H11.C5H5.C3H6.2BrH.Hf/c1-2-5-9-7-3-6-8(9)4-1;1-2-4-5-3-1;1-3-2;;;/h3,6-7H,1-2,4-5H2;1-3H,4H2;1-2H3;2*1H;/q;;;;;+2/p-2. The van der Waals surface area contributed by atoms with Crippen molar-refractivity contribution in [1.82, 2.24) is 0 Å². The van der Waals surface area contributed by atoms with E-state index in [1.807, 2.05) is 8.90 Å². The van der Waals surface area contributed by atoms with Gasteiger partial charge in [-0.05, 0) is 0 Å². The maximum absolute atomic E-state index is 2.57. The van der Waals surface area contributed by atoms with Crippen LogP contribution in [0.4, 0.5) is 0 Å². The zero-order valence-corrected chi connectivity index (χ0v) is 19.0. The van der Waals surface area contributed by atoms with Gasteiger partial charge in [0.1, 0.15) is 0 Å². The molecule has 0 aromatic carbocycles. The molecule has 0 amide bonds. The van der Waals surface area contributed by atoms with Gasteiger partial charge in [0.05, 0.1) is 0 Å². The third-order valence-corrected chi connectivity index (χ3v) is 16.3. The molecule has 108 valence electrons. The topological polar surface area (TPSA) is 0 Å². The van der Waals surface area contributed by atoms with Gasteiger partial charge in [-0.15, -0.1) is 0 Å². The summed E-state index contributed by atoms with van der Waals surface area (Å²) in [6, 6.07) is 0. The Hall–Kier alpha value is 0.660. The second-order valence-corrected chi connectivity index (χ2v) is 16.9. The van der Waals surface area contributed by atoms with Gasteiger partial charge in [-0.25, -0.2) is 0 Å². The summed E-state index contributed by atoms with van der Waals surface area (Å²) in [6.45, 7) is 4.80. The van der Waals surface area contributed by atoms with E-state index in [0.29, 0.717) is 0 Å². The predicted molar refractivity (Wildman–Crippen MR) is 76.6 cm³/mol. The van der Waals surface area contributed by atoms with Crippen LogP contribution in [-0.4, -0.2) is 3.26 Å². The fourth-order valence-corrected chi connectivity index (χ4v) is 15.2. The van der Waals surface area contributed by atoms with E-state index in [4.69, 9.17) is 0 Å². The van der Waals surface area contributed by atoms with Crippen LogP contribution in [0.15, 0.2) is 44.9 Å². The molecule has 0 N–H and O–H groups in total. The van der Waals surface area contributed by atoms with Gasteiger partial charge in [0.2, 0.25) is 0 Å². The summed E-state index contributed by atoms with van der Waals surface area (Å²) in [5.41, 5.74) is 3.55. The van der Waals surface area contributed by atoms with Crippen LogP contribution >= 0.6 is 0 Å². The first-order valence-corrected chi connectivity index (χ1v) is 12.9. The zero-order valence-electron chi connectivity index (χ0n) is 12.3. The summed E-state index contributed by atoms with van der Waals surface area (Å²) in [5.74, 6) is 0. The van der Waals surface area contributed by atoms with Gasteiger partial charge < -0.3 is 34.0 Å². The molecular formula is C17H22Br2Hf. The molecule has 3 aliphatic carbocycles. The molecule has 0 fully saturated rings. The van der Waals surface area contributed by atoms with Crippen LogP contribution in [-0.2, 0) is 21.0 Å². The molecule has 0 spiro atoms. The van der Waals surface area contributed by atoms with Crippen molar-refractivity contribution >= 4 is 3.26 Å². The number of rotatable bonds is 2. The van der Waals surface area contributed by atoms with Gasteiger partial charge in [0.25, 0.3) is 0 Å². The van der Waals surface area contributed by atoms with Crippen molar-refractivity contribution in [3.8, 4) is 0 Å². The van der Waals surface area contributed by atoms with Crippen molar-refractivity contribution in [2.75, 3.05) is 0 Å². The van der Waals surface area contributed by atoms with E-state index in [-0.39, 0.29) is 34.0 Å². The molecule has 0 aromatic heterocycles. The fraction of sp³-hybridized carbons (Fsp3) is 0.471. The van der Waals surface area contributed by atoms with E-state index in [0.717, 1.165) is 3.67 Å². The summed E-state index contributed by atoms with van der Waals surface area (Å²) in [5, 5.41) is 0. The van der Waals surface area contributed by atoms with Crippen LogP contribution in [0.3, 0.4) is 0 Å². The fourth-order valence-electron chi connectivity index (χ4n) is 3.58. The first kappa shape index (κ1) is 18.7. The van der Waals surface area contributed by atoms with E-state index in [2.05, 4.69) is 44.2 Å². The Morgan fingerprint density at radius 3 is 2.55 bits per heavy atom. The second-order valence-electron chi connectivity index (χ2n) is 5.83. The minimum atomic E-state index is -1.78. The normalized spacial score (nSPS) is 22.4. The average molecular weight is 565 g/mol. The molecule has 3 rings (SSSR count). The summed E-state index contributed by atoms with van der Waals surface area (Å²) in [4.78, 5) is 0. The maximum atomic E-state index is 2.57. The van der Waals surface area contributed by atoms with Gasteiger partial charge >= 0.3 is 119 Å². The Morgan fingerprint density at radius 1 is 1.15 bits per heavy atom. The summed E-state index contributed by atoms with van der Waals surface area (Å²) in [6.07, 6.45) is 18.9. The smallest absolute Gasteiger partial charge is 1.00 e. The molecule has 0 nitrogen and oxygen atoms in total. The summed E-state index contributed by atoms with van der Waals surface area (Å²) in [7, 11) is 0. The Bertz CT molecular complexity index is 517. The Morgan fingerprint density at radius 2 is 1.90 bits per heavy atom. The molecule has 0 aromatic rings. The molecule has 3 heteroatoms. The van der Waals surface area contributed by atoms with Crippen molar-refractivity contribution in [1.29, 1.82) is 0 Å². The van der Waals surface area contributed by atoms with Crippen LogP contribution in [0.2, 0.25) is 3.67 Å². The third kappa shape index (κ3) is 3.70. The van der Waals surface area contributed by atoms with Crippen molar-refractivity contribution in [2.45, 2.75) is 49.6 Å². The van der Waals surface area contributed by atoms with Crippen molar-refractivity contribution in [3.63, 3.8) is 0 Å². The number of hydrogen-bond donors (Lipinski definition) is 0. The van der Waals surface area contributed by atoms with Crippen molar-refractivity contribution in [3.05, 3.63) is 44.9 Å². The molecule has 0 heterocycles. The molecular weight excluding hydrogens is 542 g/mol. The van der Waals surface area contributed by atoms with E-state index in [1.54, 1.807) is 8.83 Å². The largest absolute Gasteiger partial charge is 1.00 e. The molecule has 20 heavy (non-hydrogen) atoms. The average Bonchev–Trinajstić information content (AvgIpc) is 3.00. The third-order valence-electron chi connectivity index (χ3n) is 4.39. The molecule has 3 aliphatic rings. The van der Waals surface area contributed by atoms with Gasteiger partial charge in [0.15, 0.2) is 0 Å². The minimum absolute atomic E-state index is 0. The Labute approximate surface area is 151 Å². The molecule has 1 unspecified atom stereocenters. The monoisotopic (exact) mass is 564 g/mol. The molecule has 0 saturated carbocycles. The van der Waals surface area contributed by atoms with Gasteiger partial charge in [-0.1, -0.05) is 0 Å². The van der Waals surface area contributed by atoms with Crippen LogP contribution in [0.1, 0.15) is 46.0 Å². The molecule has 0 saturated heterocycles. The summed E-state index contributed by atoms with van der Waals surface area (Å²) >= 11 is -1.78. The predicted octanol–water partition coefficient (Wildman–Crippen LogP) is -1.10. The van der Waals surface area contributed by atoms with Gasteiger partial charge in [-0.3, -0.25) is 0 Å². The Balaban J connectivity index is 0.000001000. The Kier molecular flexibility index (Phi) is 7.80. The van der Waals surface area contributed by atoms with Crippen LogP contribution in [0.25, 0.3) is 0 Å².